The van der Waals surface area contributed by atoms with E-state index in [0.717, 1.165) is 41.4 Å². The van der Waals surface area contributed by atoms with Crippen LogP contribution in [-0.4, -0.2) is 15.5 Å². The van der Waals surface area contributed by atoms with Gasteiger partial charge in [0.25, 0.3) is 0 Å². The lowest BCUT2D eigenvalue weighted by Crippen LogP contribution is -2.16. The Morgan fingerprint density at radius 1 is 1.31 bits per heavy atom. The van der Waals surface area contributed by atoms with E-state index in [1.807, 2.05) is 30.3 Å². The molecule has 26 heavy (non-hydrogen) atoms. The topological polar surface area (TPSA) is 60.1 Å². The molecular weight excluding hydrogens is 326 g/mol. The molecule has 0 spiro atoms. The zero-order valence-electron chi connectivity index (χ0n) is 15.4. The third-order valence-electron chi connectivity index (χ3n) is 5.11. The minimum atomic E-state index is -0.0320. The summed E-state index contributed by atoms with van der Waals surface area (Å²) in [5.74, 6) is 3.85. The molecule has 3 aromatic rings. The molecule has 1 fully saturated rings. The Labute approximate surface area is 153 Å². The van der Waals surface area contributed by atoms with Crippen molar-refractivity contribution in [2.75, 3.05) is 5.32 Å². The van der Waals surface area contributed by atoms with Crippen molar-refractivity contribution in [3.63, 3.8) is 0 Å². The van der Waals surface area contributed by atoms with Gasteiger partial charge in [0.05, 0.1) is 11.0 Å². The SMILES string of the molecule is CCCn1c(NC(=O)CCc2ccc([C@H]3C[C@H]3C)o2)nc2ccccc21. The average molecular weight is 351 g/mol. The van der Waals surface area contributed by atoms with Crippen molar-refractivity contribution in [3.8, 4) is 0 Å². The van der Waals surface area contributed by atoms with Crippen molar-refractivity contribution in [2.24, 2.45) is 5.92 Å². The fraction of sp³-hybridized carbons (Fsp3) is 0.429. The van der Waals surface area contributed by atoms with Crippen LogP contribution in [0.5, 0.6) is 0 Å². The van der Waals surface area contributed by atoms with E-state index in [1.54, 1.807) is 0 Å². The van der Waals surface area contributed by atoms with E-state index in [1.165, 1.54) is 6.42 Å². The quantitative estimate of drug-likeness (QED) is 0.669. The average Bonchev–Trinajstić information content (AvgIpc) is 3.06. The second-order valence-corrected chi connectivity index (χ2v) is 7.25. The van der Waals surface area contributed by atoms with Crippen LogP contribution in [-0.2, 0) is 17.8 Å². The Morgan fingerprint density at radius 2 is 2.12 bits per heavy atom. The van der Waals surface area contributed by atoms with Gasteiger partial charge in [-0.3, -0.25) is 10.1 Å². The number of hydrogen-bond acceptors (Lipinski definition) is 3. The highest BCUT2D eigenvalue weighted by Crippen LogP contribution is 2.47. The first-order chi connectivity index (χ1) is 12.7. The Morgan fingerprint density at radius 3 is 2.88 bits per heavy atom. The van der Waals surface area contributed by atoms with E-state index in [4.69, 9.17) is 4.42 Å². The Hall–Kier alpha value is -2.56. The normalized spacial score (nSPS) is 19.0. The number of para-hydroxylation sites is 2. The van der Waals surface area contributed by atoms with Crippen LogP contribution in [0.4, 0.5) is 5.95 Å². The van der Waals surface area contributed by atoms with Crippen LogP contribution in [0.2, 0.25) is 0 Å². The number of aryl methyl sites for hydroxylation is 2. The third kappa shape index (κ3) is 3.39. The van der Waals surface area contributed by atoms with Crippen LogP contribution < -0.4 is 5.32 Å². The molecule has 1 aromatic carbocycles. The monoisotopic (exact) mass is 351 g/mol. The summed E-state index contributed by atoms with van der Waals surface area (Å²) in [6.07, 6.45) is 3.20. The van der Waals surface area contributed by atoms with Gasteiger partial charge in [-0.05, 0) is 43.0 Å². The van der Waals surface area contributed by atoms with Crippen LogP contribution >= 0.6 is 0 Å². The van der Waals surface area contributed by atoms with Crippen molar-refractivity contribution >= 4 is 22.9 Å². The zero-order chi connectivity index (χ0) is 18.1. The summed E-state index contributed by atoms with van der Waals surface area (Å²) in [6.45, 7) is 5.19. The van der Waals surface area contributed by atoms with E-state index in [2.05, 4.69) is 34.8 Å². The number of imidazole rings is 1. The van der Waals surface area contributed by atoms with Gasteiger partial charge in [0, 0.05) is 25.3 Å². The van der Waals surface area contributed by atoms with E-state index in [0.29, 0.717) is 24.7 Å². The first kappa shape index (κ1) is 16.9. The molecule has 136 valence electrons. The van der Waals surface area contributed by atoms with E-state index < -0.39 is 0 Å². The standard InChI is InChI=1S/C21H25N3O2/c1-3-12-24-18-7-5-4-6-17(18)22-21(24)23-20(25)11-9-15-8-10-19(26-15)16-13-14(16)2/h4-8,10,14,16H,3,9,11-13H2,1-2H3,(H,22,23,25)/t14-,16+/m1/s1. The van der Waals surface area contributed by atoms with Gasteiger partial charge in [0.2, 0.25) is 11.9 Å². The molecule has 1 amide bonds. The van der Waals surface area contributed by atoms with Crippen molar-refractivity contribution in [3.05, 3.63) is 47.9 Å². The van der Waals surface area contributed by atoms with Gasteiger partial charge in [-0.15, -0.1) is 0 Å². The molecule has 1 aliphatic carbocycles. The molecule has 5 nitrogen and oxygen atoms in total. The van der Waals surface area contributed by atoms with Crippen molar-refractivity contribution < 1.29 is 9.21 Å². The summed E-state index contributed by atoms with van der Waals surface area (Å²) in [4.78, 5) is 17.0. The fourth-order valence-electron chi connectivity index (χ4n) is 3.49. The number of aromatic nitrogens is 2. The third-order valence-corrected chi connectivity index (χ3v) is 5.11. The summed E-state index contributed by atoms with van der Waals surface area (Å²) >= 11 is 0. The number of benzene rings is 1. The minimum absolute atomic E-state index is 0.0320. The molecule has 1 saturated carbocycles. The number of hydrogen-bond donors (Lipinski definition) is 1. The molecule has 0 bridgehead atoms. The predicted octanol–water partition coefficient (Wildman–Crippen LogP) is 4.73. The number of carbonyl (C=O) groups excluding carboxylic acids is 1. The Bertz CT molecular complexity index is 924. The molecule has 1 N–H and O–H groups in total. The van der Waals surface area contributed by atoms with Gasteiger partial charge in [-0.1, -0.05) is 26.0 Å². The lowest BCUT2D eigenvalue weighted by atomic mass is 10.2. The fourth-order valence-corrected chi connectivity index (χ4v) is 3.49. The van der Waals surface area contributed by atoms with Crippen LogP contribution in [0, 0.1) is 5.92 Å². The van der Waals surface area contributed by atoms with Crippen molar-refractivity contribution in [2.45, 2.75) is 52.0 Å². The summed E-state index contributed by atoms with van der Waals surface area (Å²) < 4.78 is 7.96. The van der Waals surface area contributed by atoms with Crippen LogP contribution in [0.25, 0.3) is 11.0 Å². The first-order valence-corrected chi connectivity index (χ1v) is 9.49. The molecule has 4 rings (SSSR count). The molecule has 2 atom stereocenters. The molecule has 0 saturated heterocycles. The lowest BCUT2D eigenvalue weighted by Gasteiger charge is -2.08. The summed E-state index contributed by atoms with van der Waals surface area (Å²) in [6, 6.07) is 12.0. The number of rotatable bonds is 7. The lowest BCUT2D eigenvalue weighted by molar-refractivity contribution is -0.116. The van der Waals surface area contributed by atoms with Gasteiger partial charge in [-0.2, -0.15) is 0 Å². The molecular formula is C21H25N3O2. The molecule has 2 heterocycles. The number of anilines is 1. The summed E-state index contributed by atoms with van der Waals surface area (Å²) in [5.41, 5.74) is 1.96. The van der Waals surface area contributed by atoms with Gasteiger partial charge in [-0.25, -0.2) is 4.98 Å². The van der Waals surface area contributed by atoms with E-state index in [9.17, 15) is 4.79 Å². The second-order valence-electron chi connectivity index (χ2n) is 7.25. The molecule has 5 heteroatoms. The molecule has 1 aliphatic rings. The smallest absolute Gasteiger partial charge is 0.227 e. The van der Waals surface area contributed by atoms with Crippen LogP contribution in [0.3, 0.4) is 0 Å². The molecule has 0 radical (unpaired) electrons. The number of fused-ring (bicyclic) bond motifs is 1. The first-order valence-electron chi connectivity index (χ1n) is 9.49. The maximum absolute atomic E-state index is 12.4. The highest BCUT2D eigenvalue weighted by Gasteiger charge is 2.36. The molecule has 2 aromatic heterocycles. The van der Waals surface area contributed by atoms with Crippen molar-refractivity contribution in [1.82, 2.24) is 9.55 Å². The minimum Gasteiger partial charge on any atom is -0.466 e. The molecule has 0 unspecified atom stereocenters. The van der Waals surface area contributed by atoms with Gasteiger partial charge >= 0.3 is 0 Å². The predicted molar refractivity (Wildman–Crippen MR) is 102 cm³/mol. The van der Waals surface area contributed by atoms with E-state index in [-0.39, 0.29) is 5.91 Å². The highest BCUT2D eigenvalue weighted by atomic mass is 16.3. The summed E-state index contributed by atoms with van der Waals surface area (Å²) in [5, 5.41) is 2.98. The maximum Gasteiger partial charge on any atom is 0.227 e. The van der Waals surface area contributed by atoms with Crippen LogP contribution in [0.1, 0.15) is 50.5 Å². The number of amides is 1. The summed E-state index contributed by atoms with van der Waals surface area (Å²) in [7, 11) is 0. The zero-order valence-corrected chi connectivity index (χ0v) is 15.4. The van der Waals surface area contributed by atoms with Gasteiger partial charge in [0.1, 0.15) is 11.5 Å². The van der Waals surface area contributed by atoms with Crippen LogP contribution in [0.15, 0.2) is 40.8 Å². The molecule has 0 aliphatic heterocycles. The number of nitrogens with one attached hydrogen (secondary N) is 1. The van der Waals surface area contributed by atoms with E-state index >= 15 is 0 Å². The highest BCUT2D eigenvalue weighted by molar-refractivity contribution is 5.91. The number of furan rings is 1. The number of carbonyl (C=O) groups is 1. The van der Waals surface area contributed by atoms with Gasteiger partial charge < -0.3 is 8.98 Å². The Kier molecular flexibility index (Phi) is 4.53. The maximum atomic E-state index is 12.4. The van der Waals surface area contributed by atoms with Gasteiger partial charge in [0.15, 0.2) is 0 Å². The Balaban J connectivity index is 1.41. The number of nitrogens with zero attached hydrogens (tertiary/aromatic N) is 2. The largest absolute Gasteiger partial charge is 0.466 e. The van der Waals surface area contributed by atoms with Crippen molar-refractivity contribution in [1.29, 1.82) is 0 Å². The second kappa shape index (κ2) is 6.98.